The largest absolute Gasteiger partial charge is 0.382 e. The first kappa shape index (κ1) is 12.7. The van der Waals surface area contributed by atoms with Crippen molar-refractivity contribution in [3.63, 3.8) is 0 Å². The lowest BCUT2D eigenvalue weighted by Crippen LogP contribution is -2.19. The average Bonchev–Trinajstić information content (AvgIpc) is 2.76. The molecular weight excluding hydrogens is 226 g/mol. The number of benzene rings is 1. The molecule has 1 aromatic rings. The number of primary amides is 1. The van der Waals surface area contributed by atoms with Gasteiger partial charge in [-0.2, -0.15) is 0 Å². The van der Waals surface area contributed by atoms with E-state index >= 15 is 0 Å². The summed E-state index contributed by atoms with van der Waals surface area (Å²) in [6.07, 6.45) is 5.05. The van der Waals surface area contributed by atoms with Crippen LogP contribution < -0.4 is 16.4 Å². The zero-order valence-electron chi connectivity index (χ0n) is 10.8. The third kappa shape index (κ3) is 3.39. The zero-order chi connectivity index (χ0) is 13.0. The summed E-state index contributed by atoms with van der Waals surface area (Å²) in [7, 11) is 0. The Morgan fingerprint density at radius 2 is 2.17 bits per heavy atom. The van der Waals surface area contributed by atoms with Gasteiger partial charge in [0.15, 0.2) is 0 Å². The Morgan fingerprint density at radius 3 is 2.83 bits per heavy atom. The van der Waals surface area contributed by atoms with Gasteiger partial charge in [-0.15, -0.1) is 0 Å². The molecule has 0 radical (unpaired) electrons. The van der Waals surface area contributed by atoms with E-state index in [1.165, 1.54) is 25.7 Å². The lowest BCUT2D eigenvalue weighted by atomic mass is 10.1. The Labute approximate surface area is 108 Å². The lowest BCUT2D eigenvalue weighted by molar-refractivity contribution is 0.259. The van der Waals surface area contributed by atoms with Crippen molar-refractivity contribution in [1.82, 2.24) is 0 Å². The van der Waals surface area contributed by atoms with E-state index in [0.717, 1.165) is 17.3 Å². The van der Waals surface area contributed by atoms with Gasteiger partial charge < -0.3 is 16.4 Å². The molecule has 2 rings (SSSR count). The number of anilines is 2. The molecule has 2 atom stereocenters. The Balaban J connectivity index is 1.95. The maximum atomic E-state index is 10.8. The maximum Gasteiger partial charge on any atom is 0.316 e. The van der Waals surface area contributed by atoms with Crippen molar-refractivity contribution < 1.29 is 4.79 Å². The van der Waals surface area contributed by atoms with Crippen LogP contribution in [0.2, 0.25) is 0 Å². The summed E-state index contributed by atoms with van der Waals surface area (Å²) in [5.74, 6) is 0.856. The molecule has 1 aliphatic rings. The minimum Gasteiger partial charge on any atom is -0.382 e. The first-order valence-electron chi connectivity index (χ1n) is 6.60. The molecule has 2 amide bonds. The number of carbonyl (C=O) groups excluding carboxylic acids is 1. The van der Waals surface area contributed by atoms with E-state index in [1.54, 1.807) is 0 Å². The molecule has 18 heavy (non-hydrogen) atoms. The average molecular weight is 247 g/mol. The molecule has 0 aliphatic heterocycles. The van der Waals surface area contributed by atoms with Gasteiger partial charge >= 0.3 is 6.03 Å². The Morgan fingerprint density at radius 1 is 1.39 bits per heavy atom. The fraction of sp³-hybridized carbons (Fsp3) is 0.500. The first-order chi connectivity index (χ1) is 8.67. The van der Waals surface area contributed by atoms with E-state index in [4.69, 9.17) is 5.73 Å². The molecule has 1 aromatic carbocycles. The van der Waals surface area contributed by atoms with Crippen LogP contribution in [0, 0.1) is 5.92 Å². The van der Waals surface area contributed by atoms with E-state index in [-0.39, 0.29) is 0 Å². The summed E-state index contributed by atoms with van der Waals surface area (Å²) in [5, 5.41) is 6.12. The highest BCUT2D eigenvalue weighted by Gasteiger charge is 2.22. The second-order valence-corrected chi connectivity index (χ2v) is 5.00. The second-order valence-electron chi connectivity index (χ2n) is 5.00. The molecule has 0 spiro atoms. The molecule has 4 N–H and O–H groups in total. The molecule has 98 valence electrons. The number of nitrogens with two attached hydrogens (primary N) is 1. The minimum absolute atomic E-state index is 0.529. The summed E-state index contributed by atoms with van der Waals surface area (Å²) in [6.45, 7) is 2.25. The fourth-order valence-corrected chi connectivity index (χ4v) is 2.64. The van der Waals surface area contributed by atoms with E-state index in [0.29, 0.717) is 6.04 Å². The Hall–Kier alpha value is -1.71. The molecule has 1 saturated carbocycles. The normalized spacial score (nSPS) is 22.7. The van der Waals surface area contributed by atoms with Gasteiger partial charge in [0.2, 0.25) is 0 Å². The standard InChI is InChI=1S/C14H21N3O/c1-2-10-6-7-13(8-10)16-11-4-3-5-12(9-11)17-14(15)18/h3-5,9-10,13,16H,2,6-8H2,1H3,(H3,15,17,18). The number of hydrogen-bond donors (Lipinski definition) is 3. The van der Waals surface area contributed by atoms with Crippen LogP contribution in [0.5, 0.6) is 0 Å². The van der Waals surface area contributed by atoms with Gasteiger partial charge in [-0.1, -0.05) is 19.4 Å². The number of rotatable bonds is 4. The molecule has 4 nitrogen and oxygen atoms in total. The molecule has 0 aromatic heterocycles. The number of amides is 2. The third-order valence-corrected chi connectivity index (χ3v) is 3.62. The van der Waals surface area contributed by atoms with E-state index in [2.05, 4.69) is 17.6 Å². The van der Waals surface area contributed by atoms with Gasteiger partial charge in [0.25, 0.3) is 0 Å². The Bertz CT molecular complexity index is 419. The van der Waals surface area contributed by atoms with Crippen molar-refractivity contribution >= 4 is 17.4 Å². The van der Waals surface area contributed by atoms with Gasteiger partial charge in [0.1, 0.15) is 0 Å². The van der Waals surface area contributed by atoms with Crippen LogP contribution in [0.25, 0.3) is 0 Å². The van der Waals surface area contributed by atoms with Crippen LogP contribution >= 0.6 is 0 Å². The number of urea groups is 1. The summed E-state index contributed by atoms with van der Waals surface area (Å²) < 4.78 is 0. The molecular formula is C14H21N3O. The SMILES string of the molecule is CCC1CCC(Nc2cccc(NC(N)=O)c2)C1. The minimum atomic E-state index is -0.529. The second kappa shape index (κ2) is 5.76. The summed E-state index contributed by atoms with van der Waals surface area (Å²) in [5.41, 5.74) is 6.88. The Kier molecular flexibility index (Phi) is 4.07. The van der Waals surface area contributed by atoms with Gasteiger partial charge in [-0.25, -0.2) is 4.79 Å². The third-order valence-electron chi connectivity index (χ3n) is 3.62. The van der Waals surface area contributed by atoms with Crippen LogP contribution in [0.1, 0.15) is 32.6 Å². The van der Waals surface area contributed by atoms with Crippen molar-refractivity contribution in [3.05, 3.63) is 24.3 Å². The lowest BCUT2D eigenvalue weighted by Gasteiger charge is -2.15. The number of nitrogens with one attached hydrogen (secondary N) is 2. The van der Waals surface area contributed by atoms with Crippen LogP contribution in [0.4, 0.5) is 16.2 Å². The van der Waals surface area contributed by atoms with Gasteiger partial charge in [-0.05, 0) is 43.4 Å². The zero-order valence-corrected chi connectivity index (χ0v) is 10.8. The highest BCUT2D eigenvalue weighted by atomic mass is 16.2. The summed E-state index contributed by atoms with van der Waals surface area (Å²) in [4.78, 5) is 10.8. The van der Waals surface area contributed by atoms with Gasteiger partial charge in [-0.3, -0.25) is 0 Å². The van der Waals surface area contributed by atoms with Gasteiger partial charge in [0, 0.05) is 17.4 Å². The smallest absolute Gasteiger partial charge is 0.316 e. The predicted octanol–water partition coefficient (Wildman–Crippen LogP) is 3.17. The first-order valence-corrected chi connectivity index (χ1v) is 6.60. The van der Waals surface area contributed by atoms with Crippen molar-refractivity contribution in [2.45, 2.75) is 38.6 Å². The van der Waals surface area contributed by atoms with Crippen LogP contribution in [0.3, 0.4) is 0 Å². The molecule has 1 aliphatic carbocycles. The monoisotopic (exact) mass is 247 g/mol. The molecule has 0 bridgehead atoms. The van der Waals surface area contributed by atoms with Crippen molar-refractivity contribution in [2.75, 3.05) is 10.6 Å². The maximum absolute atomic E-state index is 10.8. The topological polar surface area (TPSA) is 67.2 Å². The molecule has 0 heterocycles. The molecule has 4 heteroatoms. The number of carbonyl (C=O) groups is 1. The highest BCUT2D eigenvalue weighted by Crippen LogP contribution is 2.30. The van der Waals surface area contributed by atoms with Gasteiger partial charge in [0.05, 0.1) is 0 Å². The summed E-state index contributed by atoms with van der Waals surface area (Å²) >= 11 is 0. The van der Waals surface area contributed by atoms with E-state index in [9.17, 15) is 4.79 Å². The van der Waals surface area contributed by atoms with Crippen LogP contribution in [-0.4, -0.2) is 12.1 Å². The summed E-state index contributed by atoms with van der Waals surface area (Å²) in [6, 6.07) is 7.72. The van der Waals surface area contributed by atoms with Crippen molar-refractivity contribution in [2.24, 2.45) is 11.7 Å². The quantitative estimate of drug-likeness (QED) is 0.765. The van der Waals surface area contributed by atoms with E-state index < -0.39 is 6.03 Å². The van der Waals surface area contributed by atoms with Crippen LogP contribution in [-0.2, 0) is 0 Å². The van der Waals surface area contributed by atoms with E-state index in [1.807, 2.05) is 24.3 Å². The predicted molar refractivity (Wildman–Crippen MR) is 74.7 cm³/mol. The highest BCUT2D eigenvalue weighted by molar-refractivity contribution is 5.88. The number of hydrogen-bond acceptors (Lipinski definition) is 2. The van der Waals surface area contributed by atoms with Crippen molar-refractivity contribution in [1.29, 1.82) is 0 Å². The molecule has 2 unspecified atom stereocenters. The van der Waals surface area contributed by atoms with Crippen molar-refractivity contribution in [3.8, 4) is 0 Å². The molecule has 1 fully saturated rings. The molecule has 0 saturated heterocycles. The fourth-order valence-electron chi connectivity index (χ4n) is 2.64. The van der Waals surface area contributed by atoms with Crippen LogP contribution in [0.15, 0.2) is 24.3 Å².